The molecule has 0 amide bonds. The first kappa shape index (κ1) is 24.6. The summed E-state index contributed by atoms with van der Waals surface area (Å²) in [6.45, 7) is 12.7. The molecule has 1 aromatic carbocycles. The maximum Gasteiger partial charge on any atom is 0.0998 e. The lowest BCUT2D eigenvalue weighted by Crippen LogP contribution is -2.00. The van der Waals surface area contributed by atoms with Gasteiger partial charge in [-0.25, -0.2) is 0 Å². The largest absolute Gasteiger partial charge is 0.192 e. The average molecular weight is 421 g/mol. The van der Waals surface area contributed by atoms with Gasteiger partial charge in [0.15, 0.2) is 0 Å². The lowest BCUT2D eigenvalue weighted by atomic mass is 9.93. The molecule has 1 aliphatic rings. The van der Waals surface area contributed by atoms with Crippen molar-refractivity contribution in [3.63, 3.8) is 0 Å². The topological polar surface area (TPSA) is 47.6 Å². The Morgan fingerprint density at radius 1 is 0.938 bits per heavy atom. The SMILES string of the molecule is CC(/C=C(\C#N)c1ccc(/C(C#N)=C/C2=CC=CC(C)(C)C=C2)cc1)=C\C=C/C(C)(C)C. The summed E-state index contributed by atoms with van der Waals surface area (Å²) in [7, 11) is 0. The van der Waals surface area contributed by atoms with Crippen molar-refractivity contribution in [2.75, 3.05) is 0 Å². The van der Waals surface area contributed by atoms with Crippen molar-refractivity contribution >= 4 is 11.1 Å². The van der Waals surface area contributed by atoms with Gasteiger partial charge in [-0.1, -0.05) is 107 Å². The molecule has 2 rings (SSSR count). The number of hydrogen-bond acceptors (Lipinski definition) is 2. The Bertz CT molecular complexity index is 1120. The highest BCUT2D eigenvalue weighted by Crippen LogP contribution is 2.25. The Kier molecular flexibility index (Phi) is 8.17. The molecule has 0 atom stereocenters. The van der Waals surface area contributed by atoms with E-state index in [0.717, 1.165) is 22.3 Å². The Balaban J connectivity index is 2.27. The van der Waals surface area contributed by atoms with Crippen LogP contribution in [0.1, 0.15) is 52.7 Å². The average Bonchev–Trinajstić information content (AvgIpc) is 2.89. The standard InChI is InChI=1S/C30H32N2/c1-23(9-7-16-29(2,3)4)19-27(21-31)25-11-13-26(14-12-25)28(22-32)20-24-10-8-17-30(5,6)18-15-24/h7-20H,1-6H3/b16-7-,23-9+,27-19+,28-20+. The van der Waals surface area contributed by atoms with Crippen molar-refractivity contribution < 1.29 is 0 Å². The first-order chi connectivity index (χ1) is 15.0. The molecule has 0 spiro atoms. The molecule has 0 saturated heterocycles. The van der Waals surface area contributed by atoms with E-state index in [-0.39, 0.29) is 10.8 Å². The van der Waals surface area contributed by atoms with Crippen LogP contribution < -0.4 is 0 Å². The van der Waals surface area contributed by atoms with Crippen LogP contribution in [0, 0.1) is 33.5 Å². The molecule has 162 valence electrons. The Morgan fingerprint density at radius 2 is 1.53 bits per heavy atom. The van der Waals surface area contributed by atoms with Gasteiger partial charge in [-0.3, -0.25) is 0 Å². The van der Waals surface area contributed by atoms with Crippen LogP contribution in [0.4, 0.5) is 0 Å². The Hall–Kier alpha value is -3.62. The molecule has 0 bridgehead atoms. The third kappa shape index (κ3) is 7.90. The van der Waals surface area contributed by atoms with Gasteiger partial charge in [0.25, 0.3) is 0 Å². The smallest absolute Gasteiger partial charge is 0.0998 e. The van der Waals surface area contributed by atoms with Crippen LogP contribution in [0.25, 0.3) is 11.1 Å². The molecule has 2 nitrogen and oxygen atoms in total. The highest BCUT2D eigenvalue weighted by molar-refractivity contribution is 5.82. The number of nitriles is 2. The van der Waals surface area contributed by atoms with E-state index in [2.05, 4.69) is 65.0 Å². The van der Waals surface area contributed by atoms with E-state index < -0.39 is 0 Å². The minimum Gasteiger partial charge on any atom is -0.192 e. The molecular weight excluding hydrogens is 388 g/mol. The van der Waals surface area contributed by atoms with Crippen LogP contribution >= 0.6 is 0 Å². The lowest BCUT2D eigenvalue weighted by Gasteiger charge is -2.12. The molecule has 0 saturated carbocycles. The van der Waals surface area contributed by atoms with Crippen LogP contribution in [0.3, 0.4) is 0 Å². The molecule has 0 fully saturated rings. The summed E-state index contributed by atoms with van der Waals surface area (Å²) in [5, 5.41) is 19.3. The third-order valence-electron chi connectivity index (χ3n) is 4.91. The van der Waals surface area contributed by atoms with E-state index in [0.29, 0.717) is 11.1 Å². The van der Waals surface area contributed by atoms with Gasteiger partial charge in [0.1, 0.15) is 0 Å². The second-order valence-electron chi connectivity index (χ2n) is 9.73. The van der Waals surface area contributed by atoms with Crippen molar-refractivity contribution in [3.05, 3.63) is 107 Å². The fourth-order valence-corrected chi connectivity index (χ4v) is 3.05. The maximum absolute atomic E-state index is 9.70. The number of benzene rings is 1. The van der Waals surface area contributed by atoms with Gasteiger partial charge in [0.05, 0.1) is 23.3 Å². The molecule has 32 heavy (non-hydrogen) atoms. The third-order valence-corrected chi connectivity index (χ3v) is 4.91. The van der Waals surface area contributed by atoms with Crippen molar-refractivity contribution in [1.82, 2.24) is 0 Å². The van der Waals surface area contributed by atoms with Gasteiger partial charge in [0, 0.05) is 5.41 Å². The predicted octanol–water partition coefficient (Wildman–Crippen LogP) is 8.13. The molecule has 1 aliphatic carbocycles. The zero-order valence-electron chi connectivity index (χ0n) is 20.0. The molecular formula is C30H32N2. The van der Waals surface area contributed by atoms with E-state index in [1.54, 1.807) is 0 Å². The summed E-state index contributed by atoms with van der Waals surface area (Å²) in [5.74, 6) is 0. The summed E-state index contributed by atoms with van der Waals surface area (Å²) in [6, 6.07) is 12.2. The first-order valence-corrected chi connectivity index (χ1v) is 10.8. The van der Waals surface area contributed by atoms with Gasteiger partial charge in [-0.2, -0.15) is 10.5 Å². The van der Waals surface area contributed by atoms with Crippen molar-refractivity contribution in [2.45, 2.75) is 41.5 Å². The minimum atomic E-state index is -0.00428. The van der Waals surface area contributed by atoms with E-state index >= 15 is 0 Å². The second-order valence-corrected chi connectivity index (χ2v) is 9.73. The lowest BCUT2D eigenvalue weighted by molar-refractivity contribution is 0.544. The zero-order chi connectivity index (χ0) is 23.8. The predicted molar refractivity (Wildman–Crippen MR) is 136 cm³/mol. The van der Waals surface area contributed by atoms with Crippen molar-refractivity contribution in [3.8, 4) is 12.1 Å². The molecule has 0 aromatic heterocycles. The maximum atomic E-state index is 9.70. The van der Waals surface area contributed by atoms with Gasteiger partial charge in [-0.05, 0) is 46.8 Å². The summed E-state index contributed by atoms with van der Waals surface area (Å²) < 4.78 is 0. The second kappa shape index (κ2) is 10.6. The molecule has 0 N–H and O–H groups in total. The quantitative estimate of drug-likeness (QED) is 0.356. The number of rotatable bonds is 5. The normalized spacial score (nSPS) is 17.0. The van der Waals surface area contributed by atoms with Gasteiger partial charge in [-0.15, -0.1) is 0 Å². The van der Waals surface area contributed by atoms with Gasteiger partial charge >= 0.3 is 0 Å². The monoisotopic (exact) mass is 420 g/mol. The van der Waals surface area contributed by atoms with Crippen molar-refractivity contribution in [2.24, 2.45) is 10.8 Å². The van der Waals surface area contributed by atoms with Crippen LogP contribution in [0.15, 0.2) is 96.2 Å². The zero-order valence-corrected chi connectivity index (χ0v) is 20.0. The van der Waals surface area contributed by atoms with Crippen molar-refractivity contribution in [1.29, 1.82) is 10.5 Å². The fourth-order valence-electron chi connectivity index (χ4n) is 3.05. The summed E-state index contributed by atoms with van der Waals surface area (Å²) in [6.07, 6.45) is 20.3. The summed E-state index contributed by atoms with van der Waals surface area (Å²) in [4.78, 5) is 0. The molecule has 0 heterocycles. The molecule has 2 heteroatoms. The number of nitrogens with zero attached hydrogens (tertiary/aromatic N) is 2. The van der Waals surface area contributed by atoms with Crippen LogP contribution in [0.2, 0.25) is 0 Å². The number of hydrogen-bond donors (Lipinski definition) is 0. The van der Waals surface area contributed by atoms with E-state index in [9.17, 15) is 10.5 Å². The van der Waals surface area contributed by atoms with Crippen LogP contribution in [-0.2, 0) is 0 Å². The Labute approximate surface area is 193 Å². The highest BCUT2D eigenvalue weighted by atomic mass is 14.3. The summed E-state index contributed by atoms with van der Waals surface area (Å²) >= 11 is 0. The molecule has 0 unspecified atom stereocenters. The Morgan fingerprint density at radius 3 is 2.09 bits per heavy atom. The minimum absolute atomic E-state index is 0.00428. The van der Waals surface area contributed by atoms with E-state index in [4.69, 9.17) is 0 Å². The fraction of sp³-hybridized carbons (Fsp3) is 0.267. The summed E-state index contributed by atoms with van der Waals surface area (Å²) in [5.41, 5.74) is 4.95. The molecule has 1 aromatic rings. The molecule has 0 aliphatic heterocycles. The highest BCUT2D eigenvalue weighted by Gasteiger charge is 2.11. The van der Waals surface area contributed by atoms with Gasteiger partial charge in [0.2, 0.25) is 0 Å². The first-order valence-electron chi connectivity index (χ1n) is 10.8. The van der Waals surface area contributed by atoms with Gasteiger partial charge < -0.3 is 0 Å². The van der Waals surface area contributed by atoms with Crippen LogP contribution in [-0.4, -0.2) is 0 Å². The van der Waals surface area contributed by atoms with E-state index in [1.165, 1.54) is 0 Å². The van der Waals surface area contributed by atoms with E-state index in [1.807, 2.05) is 73.7 Å². The number of allylic oxidation sites excluding steroid dienone is 14. The van der Waals surface area contributed by atoms with Crippen LogP contribution in [0.5, 0.6) is 0 Å². The molecule has 0 radical (unpaired) electrons.